The van der Waals surface area contributed by atoms with Crippen molar-refractivity contribution in [3.8, 4) is 11.5 Å². The highest BCUT2D eigenvalue weighted by Gasteiger charge is 2.45. The summed E-state index contributed by atoms with van der Waals surface area (Å²) < 4.78 is 10.9. The average Bonchev–Trinajstić information content (AvgIpc) is 2.72. The van der Waals surface area contributed by atoms with Crippen LogP contribution in [-0.2, 0) is 4.74 Å². The fourth-order valence-corrected chi connectivity index (χ4v) is 3.58. The van der Waals surface area contributed by atoms with Gasteiger partial charge < -0.3 is 35.0 Å². The van der Waals surface area contributed by atoms with Crippen molar-refractivity contribution in [2.45, 2.75) is 30.7 Å². The summed E-state index contributed by atoms with van der Waals surface area (Å²) >= 11 is 0. The Kier molecular flexibility index (Phi) is 4.85. The Morgan fingerprint density at radius 2 is 1.52 bits per heavy atom. The Labute approximate surface area is 164 Å². The zero-order chi connectivity index (χ0) is 20.9. The number of aliphatic hydroxyl groups is 4. The van der Waals surface area contributed by atoms with E-state index in [-0.39, 0.29) is 33.8 Å². The topological polar surface area (TPSA) is 154 Å². The molecule has 0 amide bonds. The SMILES string of the molecule is O=C1c2cccc(O)c2C(=O)c2c(O[C@H]3O[C@H](CO)[C@@H](O)[C@H](O)[C@H]3O)cccc21. The second-order valence-corrected chi connectivity index (χ2v) is 6.85. The van der Waals surface area contributed by atoms with Crippen LogP contribution in [0.3, 0.4) is 0 Å². The van der Waals surface area contributed by atoms with Crippen LogP contribution in [0.15, 0.2) is 36.4 Å². The predicted octanol–water partition coefficient (Wildman–Crippen LogP) is -0.654. The lowest BCUT2D eigenvalue weighted by atomic mass is 9.83. The van der Waals surface area contributed by atoms with E-state index in [0.717, 1.165) is 0 Å². The molecule has 0 spiro atoms. The van der Waals surface area contributed by atoms with Gasteiger partial charge >= 0.3 is 0 Å². The quantitative estimate of drug-likeness (QED) is 0.384. The van der Waals surface area contributed by atoms with E-state index >= 15 is 0 Å². The molecule has 152 valence electrons. The number of hydrogen-bond donors (Lipinski definition) is 5. The minimum absolute atomic E-state index is 0.0511. The Morgan fingerprint density at radius 1 is 0.862 bits per heavy atom. The number of ketones is 2. The van der Waals surface area contributed by atoms with Crippen LogP contribution >= 0.6 is 0 Å². The number of rotatable bonds is 3. The van der Waals surface area contributed by atoms with E-state index < -0.39 is 48.9 Å². The van der Waals surface area contributed by atoms with Crippen LogP contribution in [0, 0.1) is 0 Å². The van der Waals surface area contributed by atoms with Crippen molar-refractivity contribution in [2.24, 2.45) is 0 Å². The maximum atomic E-state index is 13.0. The lowest BCUT2D eigenvalue weighted by Gasteiger charge is -2.39. The smallest absolute Gasteiger partial charge is 0.229 e. The van der Waals surface area contributed by atoms with Gasteiger partial charge in [0.25, 0.3) is 0 Å². The number of carbonyl (C=O) groups is 2. The minimum Gasteiger partial charge on any atom is -0.507 e. The summed E-state index contributed by atoms with van der Waals surface area (Å²) in [5.41, 5.74) is -0.166. The van der Waals surface area contributed by atoms with E-state index in [2.05, 4.69) is 0 Å². The van der Waals surface area contributed by atoms with Crippen molar-refractivity contribution in [2.75, 3.05) is 6.61 Å². The molecule has 0 saturated carbocycles. The molecule has 0 radical (unpaired) electrons. The number of benzene rings is 2. The summed E-state index contributed by atoms with van der Waals surface area (Å²) in [5, 5.41) is 49.4. The van der Waals surface area contributed by atoms with Crippen molar-refractivity contribution in [1.82, 2.24) is 0 Å². The number of phenolic OH excluding ortho intramolecular Hbond substituents is 1. The molecule has 0 bridgehead atoms. The van der Waals surface area contributed by atoms with Gasteiger partial charge in [-0.2, -0.15) is 0 Å². The third kappa shape index (κ3) is 3.00. The fourth-order valence-electron chi connectivity index (χ4n) is 3.58. The van der Waals surface area contributed by atoms with Crippen LogP contribution in [0.25, 0.3) is 0 Å². The predicted molar refractivity (Wildman–Crippen MR) is 95.8 cm³/mol. The highest BCUT2D eigenvalue weighted by Crippen LogP contribution is 2.37. The molecule has 1 aliphatic carbocycles. The maximum Gasteiger partial charge on any atom is 0.229 e. The van der Waals surface area contributed by atoms with Gasteiger partial charge in [0.1, 0.15) is 35.9 Å². The third-order valence-corrected chi connectivity index (χ3v) is 5.10. The minimum atomic E-state index is -1.68. The molecule has 1 fully saturated rings. The van der Waals surface area contributed by atoms with E-state index in [9.17, 15) is 35.1 Å². The Bertz CT molecular complexity index is 984. The van der Waals surface area contributed by atoms with Crippen LogP contribution in [0.2, 0.25) is 0 Å². The Morgan fingerprint density at radius 3 is 2.21 bits per heavy atom. The zero-order valence-electron chi connectivity index (χ0n) is 14.9. The molecule has 0 unspecified atom stereocenters. The lowest BCUT2D eigenvalue weighted by molar-refractivity contribution is -0.277. The summed E-state index contributed by atoms with van der Waals surface area (Å²) in [6, 6.07) is 8.45. The van der Waals surface area contributed by atoms with Crippen molar-refractivity contribution in [3.05, 3.63) is 58.7 Å². The molecule has 29 heavy (non-hydrogen) atoms. The summed E-state index contributed by atoms with van der Waals surface area (Å²) in [6.45, 7) is -0.642. The average molecular weight is 402 g/mol. The monoisotopic (exact) mass is 402 g/mol. The first kappa shape index (κ1) is 19.5. The molecule has 2 aromatic carbocycles. The Hall–Kier alpha value is -2.82. The maximum absolute atomic E-state index is 13.0. The number of carbonyl (C=O) groups excluding carboxylic acids is 2. The van der Waals surface area contributed by atoms with Gasteiger partial charge in [-0.1, -0.05) is 24.3 Å². The molecule has 0 aromatic heterocycles. The normalized spacial score (nSPS) is 28.6. The van der Waals surface area contributed by atoms with Gasteiger partial charge in [-0.05, 0) is 12.1 Å². The van der Waals surface area contributed by atoms with Crippen molar-refractivity contribution < 1.29 is 44.6 Å². The van der Waals surface area contributed by atoms with Gasteiger partial charge in [0.2, 0.25) is 12.1 Å². The highest BCUT2D eigenvalue weighted by atomic mass is 16.7. The van der Waals surface area contributed by atoms with Gasteiger partial charge in [-0.25, -0.2) is 0 Å². The largest absolute Gasteiger partial charge is 0.507 e. The molecule has 1 aliphatic heterocycles. The standard InChI is InChI=1S/C20H18O9/c21-7-12-16(24)18(26)19(27)20(29-12)28-11-6-2-4-9-14(11)17(25)13-8(15(9)23)3-1-5-10(13)22/h1-6,12,16,18-22,24,26-27H,7H2/t12-,16-,18+,19-,20+/m1/s1. The van der Waals surface area contributed by atoms with E-state index in [1.165, 1.54) is 36.4 Å². The van der Waals surface area contributed by atoms with Gasteiger partial charge in [0, 0.05) is 11.1 Å². The summed E-state index contributed by atoms with van der Waals surface area (Å²) in [7, 11) is 0. The molecule has 2 aliphatic rings. The number of hydrogen-bond acceptors (Lipinski definition) is 9. The van der Waals surface area contributed by atoms with E-state index in [4.69, 9.17) is 9.47 Å². The zero-order valence-corrected chi connectivity index (χ0v) is 14.9. The molecule has 1 saturated heterocycles. The Balaban J connectivity index is 1.74. The van der Waals surface area contributed by atoms with E-state index in [0.29, 0.717) is 0 Å². The van der Waals surface area contributed by atoms with Crippen LogP contribution in [-0.4, -0.2) is 74.4 Å². The molecule has 5 atom stereocenters. The first-order valence-corrected chi connectivity index (χ1v) is 8.86. The third-order valence-electron chi connectivity index (χ3n) is 5.10. The number of fused-ring (bicyclic) bond motifs is 2. The summed E-state index contributed by atoms with van der Waals surface area (Å²) in [5.74, 6) is -1.59. The van der Waals surface area contributed by atoms with Gasteiger partial charge in [-0.3, -0.25) is 9.59 Å². The van der Waals surface area contributed by atoms with E-state index in [1.54, 1.807) is 0 Å². The number of aromatic hydroxyl groups is 1. The molecule has 1 heterocycles. The van der Waals surface area contributed by atoms with Gasteiger partial charge in [0.05, 0.1) is 17.7 Å². The number of phenols is 1. The summed E-state index contributed by atoms with van der Waals surface area (Å²) in [4.78, 5) is 25.8. The number of ether oxygens (including phenoxy) is 2. The van der Waals surface area contributed by atoms with Crippen LogP contribution in [0.5, 0.6) is 11.5 Å². The molecule has 2 aromatic rings. The molecular weight excluding hydrogens is 384 g/mol. The van der Waals surface area contributed by atoms with Crippen LogP contribution < -0.4 is 4.74 Å². The molecule has 5 N–H and O–H groups in total. The van der Waals surface area contributed by atoms with Gasteiger partial charge in [-0.15, -0.1) is 0 Å². The van der Waals surface area contributed by atoms with Crippen LogP contribution in [0.1, 0.15) is 31.8 Å². The van der Waals surface area contributed by atoms with Crippen molar-refractivity contribution >= 4 is 11.6 Å². The second-order valence-electron chi connectivity index (χ2n) is 6.85. The van der Waals surface area contributed by atoms with E-state index in [1.807, 2.05) is 0 Å². The summed E-state index contributed by atoms with van der Waals surface area (Å²) in [6.07, 6.45) is -7.62. The first-order valence-electron chi connectivity index (χ1n) is 8.86. The van der Waals surface area contributed by atoms with Crippen molar-refractivity contribution in [1.29, 1.82) is 0 Å². The fraction of sp³-hybridized carbons (Fsp3) is 0.300. The van der Waals surface area contributed by atoms with Gasteiger partial charge in [0.15, 0.2) is 5.78 Å². The highest BCUT2D eigenvalue weighted by molar-refractivity contribution is 6.30. The van der Waals surface area contributed by atoms with Crippen molar-refractivity contribution in [3.63, 3.8) is 0 Å². The van der Waals surface area contributed by atoms with Crippen LogP contribution in [0.4, 0.5) is 0 Å². The molecular formula is C20H18O9. The number of aliphatic hydroxyl groups excluding tert-OH is 4. The second kappa shape index (κ2) is 7.21. The lowest BCUT2D eigenvalue weighted by Crippen LogP contribution is -2.60. The molecule has 9 heteroatoms. The first-order chi connectivity index (χ1) is 13.8. The molecule has 9 nitrogen and oxygen atoms in total. The molecule has 4 rings (SSSR count).